The van der Waals surface area contributed by atoms with Crippen LogP contribution < -0.4 is 9.64 Å². The molecule has 3 heteroatoms. The summed E-state index contributed by atoms with van der Waals surface area (Å²) in [5.41, 5.74) is 3.16. The predicted octanol–water partition coefficient (Wildman–Crippen LogP) is 7.15. The number of para-hydroxylation sites is 1. The lowest BCUT2D eigenvalue weighted by Gasteiger charge is -2.37. The summed E-state index contributed by atoms with van der Waals surface area (Å²) in [5, 5.41) is 2.59. The van der Waals surface area contributed by atoms with Gasteiger partial charge in [-0.05, 0) is 83.7 Å². The number of piperazine rings is 1. The molecular formula is C31H40N2O. The van der Waals surface area contributed by atoms with Gasteiger partial charge in [0, 0.05) is 38.4 Å². The van der Waals surface area contributed by atoms with Gasteiger partial charge in [-0.3, -0.25) is 4.90 Å². The van der Waals surface area contributed by atoms with Crippen LogP contribution in [0.25, 0.3) is 10.8 Å². The normalized spacial score (nSPS) is 22.1. The maximum Gasteiger partial charge on any atom is 0.120 e. The lowest BCUT2D eigenvalue weighted by molar-refractivity contribution is 0.0883. The van der Waals surface area contributed by atoms with Crippen molar-refractivity contribution in [1.29, 1.82) is 0 Å². The molecule has 3 nitrogen and oxygen atoms in total. The average molecular weight is 457 g/mol. The third kappa shape index (κ3) is 5.58. The first kappa shape index (κ1) is 23.2. The molecule has 2 aliphatic rings. The van der Waals surface area contributed by atoms with Gasteiger partial charge in [0.15, 0.2) is 0 Å². The second-order valence-corrected chi connectivity index (χ2v) is 11.4. The number of anilines is 1. The summed E-state index contributed by atoms with van der Waals surface area (Å²) in [4.78, 5) is 5.07. The highest BCUT2D eigenvalue weighted by Crippen LogP contribution is 2.39. The molecule has 0 atom stereocenters. The largest absolute Gasteiger partial charge is 0.490 e. The molecule has 5 rings (SSSR count). The summed E-state index contributed by atoms with van der Waals surface area (Å²) in [6, 6.07) is 24.3. The SMILES string of the molecule is CC(C)(C)[C@H]1CC[C@H](Oc2ccc3cc(CN4CCN(c5ccccc5)CC4)ccc3c2)CC1. The molecule has 1 saturated carbocycles. The zero-order chi connectivity index (χ0) is 23.5. The van der Waals surface area contributed by atoms with Crippen LogP contribution >= 0.6 is 0 Å². The van der Waals surface area contributed by atoms with Gasteiger partial charge in [0.05, 0.1) is 6.10 Å². The summed E-state index contributed by atoms with van der Waals surface area (Å²) in [5.74, 6) is 1.85. The van der Waals surface area contributed by atoms with Crippen molar-refractivity contribution in [3.05, 3.63) is 72.3 Å². The third-order valence-corrected chi connectivity index (χ3v) is 7.98. The summed E-state index contributed by atoms with van der Waals surface area (Å²) >= 11 is 0. The number of ether oxygens (including phenoxy) is 1. The smallest absolute Gasteiger partial charge is 0.120 e. The van der Waals surface area contributed by atoms with Crippen molar-refractivity contribution in [2.45, 2.75) is 59.1 Å². The van der Waals surface area contributed by atoms with Crippen LogP contribution in [0.2, 0.25) is 0 Å². The first-order chi connectivity index (χ1) is 16.4. The van der Waals surface area contributed by atoms with Crippen LogP contribution in [0.4, 0.5) is 5.69 Å². The number of hydrogen-bond donors (Lipinski definition) is 0. The van der Waals surface area contributed by atoms with Crippen LogP contribution in [-0.2, 0) is 6.54 Å². The average Bonchev–Trinajstić information content (AvgIpc) is 2.85. The van der Waals surface area contributed by atoms with E-state index in [1.54, 1.807) is 0 Å². The van der Waals surface area contributed by atoms with Gasteiger partial charge in [-0.1, -0.05) is 57.2 Å². The Kier molecular flexibility index (Phi) is 6.83. The Morgan fingerprint density at radius 3 is 2.15 bits per heavy atom. The van der Waals surface area contributed by atoms with Gasteiger partial charge in [-0.25, -0.2) is 0 Å². The molecule has 1 heterocycles. The predicted molar refractivity (Wildman–Crippen MR) is 144 cm³/mol. The highest BCUT2D eigenvalue weighted by atomic mass is 16.5. The first-order valence-electron chi connectivity index (χ1n) is 13.2. The van der Waals surface area contributed by atoms with Crippen molar-refractivity contribution in [3.63, 3.8) is 0 Å². The topological polar surface area (TPSA) is 15.7 Å². The Labute approximate surface area is 205 Å². The third-order valence-electron chi connectivity index (χ3n) is 7.98. The van der Waals surface area contributed by atoms with Crippen LogP contribution in [0.1, 0.15) is 52.0 Å². The van der Waals surface area contributed by atoms with Crippen molar-refractivity contribution in [2.24, 2.45) is 11.3 Å². The number of rotatable bonds is 5. The maximum atomic E-state index is 6.41. The van der Waals surface area contributed by atoms with Gasteiger partial charge in [-0.2, -0.15) is 0 Å². The van der Waals surface area contributed by atoms with Gasteiger partial charge >= 0.3 is 0 Å². The standard InChI is InChI=1S/C31H40N2O/c1-31(2,3)27-12-15-29(16-13-27)34-30-14-11-25-21-24(9-10-26(25)22-30)23-32-17-19-33(20-18-32)28-7-5-4-6-8-28/h4-11,14,21-22,27,29H,12-13,15-20,23H2,1-3H3/t27-,29-. The Morgan fingerprint density at radius 1 is 0.765 bits per heavy atom. The number of benzene rings is 3. The zero-order valence-electron chi connectivity index (χ0n) is 21.2. The Hall–Kier alpha value is -2.52. The highest BCUT2D eigenvalue weighted by Gasteiger charge is 2.30. The van der Waals surface area contributed by atoms with Gasteiger partial charge in [0.2, 0.25) is 0 Å². The molecule has 3 aromatic carbocycles. The molecule has 0 aromatic heterocycles. The molecule has 1 aliphatic carbocycles. The summed E-state index contributed by atoms with van der Waals surface area (Å²) in [6.07, 6.45) is 5.28. The van der Waals surface area contributed by atoms with Crippen LogP contribution in [-0.4, -0.2) is 37.2 Å². The number of hydrogen-bond acceptors (Lipinski definition) is 3. The monoisotopic (exact) mass is 456 g/mol. The van der Waals surface area contributed by atoms with E-state index in [9.17, 15) is 0 Å². The summed E-state index contributed by atoms with van der Waals surface area (Å²) in [7, 11) is 0. The minimum Gasteiger partial charge on any atom is -0.490 e. The fourth-order valence-electron chi connectivity index (χ4n) is 5.75. The summed E-state index contributed by atoms with van der Waals surface area (Å²) < 4.78 is 6.41. The van der Waals surface area contributed by atoms with E-state index in [0.29, 0.717) is 11.5 Å². The molecule has 180 valence electrons. The van der Waals surface area contributed by atoms with Crippen molar-refractivity contribution < 1.29 is 4.74 Å². The van der Waals surface area contributed by atoms with E-state index in [1.165, 1.54) is 47.7 Å². The molecular weight excluding hydrogens is 416 g/mol. The highest BCUT2D eigenvalue weighted by molar-refractivity contribution is 5.84. The first-order valence-corrected chi connectivity index (χ1v) is 13.2. The minimum absolute atomic E-state index is 0.366. The van der Waals surface area contributed by atoms with Gasteiger partial charge in [0.25, 0.3) is 0 Å². The second kappa shape index (κ2) is 10.00. The van der Waals surface area contributed by atoms with E-state index < -0.39 is 0 Å². The molecule has 0 N–H and O–H groups in total. The quantitative estimate of drug-likeness (QED) is 0.405. The minimum atomic E-state index is 0.366. The second-order valence-electron chi connectivity index (χ2n) is 11.4. The van der Waals surface area contributed by atoms with Crippen molar-refractivity contribution in [1.82, 2.24) is 4.90 Å². The molecule has 0 unspecified atom stereocenters. The molecule has 1 aliphatic heterocycles. The maximum absolute atomic E-state index is 6.41. The van der Waals surface area contributed by atoms with Crippen LogP contribution in [0.5, 0.6) is 5.75 Å². The number of fused-ring (bicyclic) bond motifs is 1. The van der Waals surface area contributed by atoms with Crippen LogP contribution in [0, 0.1) is 11.3 Å². The lowest BCUT2D eigenvalue weighted by Crippen LogP contribution is -2.45. The molecule has 2 fully saturated rings. The molecule has 0 amide bonds. The van der Waals surface area contributed by atoms with E-state index in [4.69, 9.17) is 4.74 Å². The van der Waals surface area contributed by atoms with Crippen molar-refractivity contribution in [2.75, 3.05) is 31.1 Å². The fourth-order valence-corrected chi connectivity index (χ4v) is 5.75. The Morgan fingerprint density at radius 2 is 1.44 bits per heavy atom. The lowest BCUT2D eigenvalue weighted by atomic mass is 9.72. The molecule has 34 heavy (non-hydrogen) atoms. The molecule has 0 radical (unpaired) electrons. The molecule has 0 spiro atoms. The molecule has 3 aromatic rings. The zero-order valence-corrected chi connectivity index (χ0v) is 21.2. The molecule has 1 saturated heterocycles. The fraction of sp³-hybridized carbons (Fsp3) is 0.484. The van der Waals surface area contributed by atoms with E-state index in [0.717, 1.165) is 44.4 Å². The summed E-state index contributed by atoms with van der Waals surface area (Å²) in [6.45, 7) is 12.6. The van der Waals surface area contributed by atoms with E-state index in [2.05, 4.69) is 97.3 Å². The van der Waals surface area contributed by atoms with Crippen LogP contribution in [0.15, 0.2) is 66.7 Å². The Bertz CT molecular complexity index is 1070. The van der Waals surface area contributed by atoms with Crippen molar-refractivity contribution in [3.8, 4) is 5.75 Å². The Balaban J connectivity index is 1.16. The number of nitrogens with zero attached hydrogens (tertiary/aromatic N) is 2. The molecule has 0 bridgehead atoms. The van der Waals surface area contributed by atoms with E-state index in [-0.39, 0.29) is 0 Å². The van der Waals surface area contributed by atoms with E-state index >= 15 is 0 Å². The van der Waals surface area contributed by atoms with Crippen molar-refractivity contribution >= 4 is 16.5 Å². The van der Waals surface area contributed by atoms with Gasteiger partial charge in [-0.15, -0.1) is 0 Å². The van der Waals surface area contributed by atoms with E-state index in [1.807, 2.05) is 0 Å². The van der Waals surface area contributed by atoms with Crippen LogP contribution in [0.3, 0.4) is 0 Å². The van der Waals surface area contributed by atoms with Gasteiger partial charge < -0.3 is 9.64 Å². The van der Waals surface area contributed by atoms with Gasteiger partial charge in [0.1, 0.15) is 5.75 Å².